The van der Waals surface area contributed by atoms with Gasteiger partial charge in [0.1, 0.15) is 0 Å². The number of benzene rings is 4. The molecule has 1 fully saturated rings. The average Bonchev–Trinajstić information content (AvgIpc) is 2.99. The number of thiocarbonyl (C=S) groups is 1. The summed E-state index contributed by atoms with van der Waals surface area (Å²) in [6.07, 6.45) is 0. The van der Waals surface area contributed by atoms with Crippen LogP contribution in [-0.4, -0.2) is 54.8 Å². The van der Waals surface area contributed by atoms with E-state index in [1.807, 2.05) is 55.5 Å². The van der Waals surface area contributed by atoms with E-state index in [4.69, 9.17) is 12.2 Å². The Balaban J connectivity index is 1.21. The smallest absolute Gasteiger partial charge is 0.257 e. The first-order valence-corrected chi connectivity index (χ1v) is 15.3. The number of nitrogens with one attached hydrogen (secondary N) is 2. The zero-order chi connectivity index (χ0) is 28.8. The van der Waals surface area contributed by atoms with Crippen molar-refractivity contribution < 1.29 is 13.2 Å². The number of aryl methyl sites for hydroxylation is 1. The molecule has 210 valence electrons. The van der Waals surface area contributed by atoms with E-state index in [0.29, 0.717) is 37.4 Å². The molecule has 9 heteroatoms. The highest BCUT2D eigenvalue weighted by atomic mass is 32.2. The van der Waals surface area contributed by atoms with Crippen LogP contribution in [0.1, 0.15) is 33.1 Å². The molecule has 1 amide bonds. The molecule has 0 atom stereocenters. The maximum Gasteiger partial charge on any atom is 0.257 e. The summed E-state index contributed by atoms with van der Waals surface area (Å²) in [5, 5.41) is 5.73. The van der Waals surface area contributed by atoms with Gasteiger partial charge in [0.25, 0.3) is 5.91 Å². The van der Waals surface area contributed by atoms with Gasteiger partial charge in [-0.25, -0.2) is 8.42 Å². The Morgan fingerprint density at radius 1 is 0.756 bits per heavy atom. The molecule has 1 aliphatic rings. The van der Waals surface area contributed by atoms with Gasteiger partial charge in [-0.05, 0) is 66.7 Å². The summed E-state index contributed by atoms with van der Waals surface area (Å²) >= 11 is 5.28. The van der Waals surface area contributed by atoms with Crippen molar-refractivity contribution in [3.8, 4) is 0 Å². The molecule has 0 unspecified atom stereocenters. The Morgan fingerprint density at radius 2 is 1.29 bits per heavy atom. The number of piperazine rings is 1. The SMILES string of the molecule is Cc1ccc(C(=O)NC(=S)Nc2ccc(S(=O)(=O)N3CCN(C(c4ccccc4)c4ccccc4)CC3)cc2)cc1. The average molecular weight is 585 g/mol. The van der Waals surface area contributed by atoms with Crippen molar-refractivity contribution in [3.05, 3.63) is 131 Å². The highest BCUT2D eigenvalue weighted by Gasteiger charge is 2.32. The fourth-order valence-corrected chi connectivity index (χ4v) is 6.62. The lowest BCUT2D eigenvalue weighted by Crippen LogP contribution is -2.49. The Kier molecular flexibility index (Phi) is 8.90. The van der Waals surface area contributed by atoms with Gasteiger partial charge < -0.3 is 5.32 Å². The van der Waals surface area contributed by atoms with Crippen molar-refractivity contribution in [1.82, 2.24) is 14.5 Å². The number of nitrogens with zero attached hydrogens (tertiary/aromatic N) is 2. The topological polar surface area (TPSA) is 81.8 Å². The predicted octanol–water partition coefficient (Wildman–Crippen LogP) is 5.22. The summed E-state index contributed by atoms with van der Waals surface area (Å²) in [6.45, 7) is 3.97. The lowest BCUT2D eigenvalue weighted by atomic mass is 9.96. The Bertz CT molecular complexity index is 1550. The van der Waals surface area contributed by atoms with Gasteiger partial charge in [0.2, 0.25) is 10.0 Å². The standard InChI is InChI=1S/C32H32N4O3S2/c1-24-12-14-27(15-13-24)31(37)34-32(40)33-28-16-18-29(19-17-28)41(38,39)36-22-20-35(21-23-36)30(25-8-4-2-5-9-25)26-10-6-3-7-11-26/h2-19,30H,20-23H2,1H3,(H2,33,34,37,40). The summed E-state index contributed by atoms with van der Waals surface area (Å²) in [6, 6.07) is 34.3. The van der Waals surface area contributed by atoms with E-state index >= 15 is 0 Å². The van der Waals surface area contributed by atoms with Crippen LogP contribution in [0.25, 0.3) is 0 Å². The van der Waals surface area contributed by atoms with Gasteiger partial charge in [-0.1, -0.05) is 78.4 Å². The number of sulfonamides is 1. The second-order valence-electron chi connectivity index (χ2n) is 9.96. The summed E-state index contributed by atoms with van der Waals surface area (Å²) in [7, 11) is -3.67. The Hall–Kier alpha value is -3.89. The van der Waals surface area contributed by atoms with E-state index in [2.05, 4.69) is 39.8 Å². The van der Waals surface area contributed by atoms with Gasteiger partial charge in [-0.2, -0.15) is 4.31 Å². The summed E-state index contributed by atoms with van der Waals surface area (Å²) in [5.41, 5.74) is 4.51. The fourth-order valence-electron chi connectivity index (χ4n) is 4.99. The first kappa shape index (κ1) is 28.6. The van der Waals surface area contributed by atoms with Crippen LogP contribution in [0, 0.1) is 6.92 Å². The molecule has 0 radical (unpaired) electrons. The van der Waals surface area contributed by atoms with Crippen molar-refractivity contribution in [1.29, 1.82) is 0 Å². The number of amides is 1. The number of rotatable bonds is 7. The molecule has 2 N–H and O–H groups in total. The maximum absolute atomic E-state index is 13.5. The molecule has 5 rings (SSSR count). The number of hydrogen-bond donors (Lipinski definition) is 2. The van der Waals surface area contributed by atoms with E-state index < -0.39 is 10.0 Å². The third-order valence-corrected chi connectivity index (χ3v) is 9.28. The van der Waals surface area contributed by atoms with Crippen molar-refractivity contribution in [2.45, 2.75) is 17.9 Å². The second-order valence-corrected chi connectivity index (χ2v) is 12.3. The van der Waals surface area contributed by atoms with Crippen molar-refractivity contribution in [2.75, 3.05) is 31.5 Å². The molecular weight excluding hydrogens is 553 g/mol. The van der Waals surface area contributed by atoms with Crippen LogP contribution < -0.4 is 10.6 Å². The van der Waals surface area contributed by atoms with Crippen LogP contribution in [0.4, 0.5) is 5.69 Å². The van der Waals surface area contributed by atoms with E-state index in [-0.39, 0.29) is 22.0 Å². The number of hydrogen-bond acceptors (Lipinski definition) is 5. The zero-order valence-electron chi connectivity index (χ0n) is 22.7. The molecule has 0 bridgehead atoms. The minimum Gasteiger partial charge on any atom is -0.332 e. The van der Waals surface area contributed by atoms with Crippen LogP contribution in [-0.2, 0) is 10.0 Å². The normalized spacial score (nSPS) is 14.5. The minimum absolute atomic E-state index is 0.0583. The van der Waals surface area contributed by atoms with Crippen LogP contribution in [0.5, 0.6) is 0 Å². The minimum atomic E-state index is -3.67. The molecule has 7 nitrogen and oxygen atoms in total. The van der Waals surface area contributed by atoms with Gasteiger partial charge in [0, 0.05) is 37.4 Å². The molecule has 4 aromatic rings. The molecule has 1 aliphatic heterocycles. The quantitative estimate of drug-likeness (QED) is 0.290. The second kappa shape index (κ2) is 12.7. The van der Waals surface area contributed by atoms with Crippen molar-refractivity contribution in [3.63, 3.8) is 0 Å². The first-order valence-electron chi connectivity index (χ1n) is 13.4. The molecular formula is C32H32N4O3S2. The van der Waals surface area contributed by atoms with Gasteiger partial charge >= 0.3 is 0 Å². The fraction of sp³-hybridized carbons (Fsp3) is 0.188. The molecule has 0 saturated carbocycles. The van der Waals surface area contributed by atoms with Crippen LogP contribution >= 0.6 is 12.2 Å². The first-order chi connectivity index (χ1) is 19.8. The van der Waals surface area contributed by atoms with E-state index in [1.54, 1.807) is 40.7 Å². The highest BCUT2D eigenvalue weighted by Crippen LogP contribution is 2.30. The third kappa shape index (κ3) is 6.89. The molecule has 0 aliphatic carbocycles. The maximum atomic E-state index is 13.5. The summed E-state index contributed by atoms with van der Waals surface area (Å²) in [5.74, 6) is -0.317. The molecule has 41 heavy (non-hydrogen) atoms. The van der Waals surface area contributed by atoms with Gasteiger partial charge in [-0.3, -0.25) is 15.0 Å². The lowest BCUT2D eigenvalue weighted by Gasteiger charge is -2.39. The monoisotopic (exact) mass is 584 g/mol. The molecule has 1 heterocycles. The largest absolute Gasteiger partial charge is 0.332 e. The van der Waals surface area contributed by atoms with Gasteiger partial charge in [-0.15, -0.1) is 0 Å². The summed E-state index contributed by atoms with van der Waals surface area (Å²) < 4.78 is 28.5. The molecule has 1 saturated heterocycles. The Labute approximate surface area is 246 Å². The van der Waals surface area contributed by atoms with Crippen LogP contribution in [0.2, 0.25) is 0 Å². The van der Waals surface area contributed by atoms with Gasteiger partial charge in [0.05, 0.1) is 10.9 Å². The summed E-state index contributed by atoms with van der Waals surface area (Å²) in [4.78, 5) is 15.0. The molecule has 4 aromatic carbocycles. The lowest BCUT2D eigenvalue weighted by molar-refractivity contribution is 0.0977. The number of carbonyl (C=O) groups excluding carboxylic acids is 1. The van der Waals surface area contributed by atoms with Crippen molar-refractivity contribution >= 4 is 38.9 Å². The van der Waals surface area contributed by atoms with Gasteiger partial charge in [0.15, 0.2) is 5.11 Å². The van der Waals surface area contributed by atoms with E-state index in [9.17, 15) is 13.2 Å². The Morgan fingerprint density at radius 3 is 1.83 bits per heavy atom. The zero-order valence-corrected chi connectivity index (χ0v) is 24.4. The van der Waals surface area contributed by atoms with Crippen LogP contribution in [0.15, 0.2) is 114 Å². The third-order valence-electron chi connectivity index (χ3n) is 7.16. The van der Waals surface area contributed by atoms with Crippen LogP contribution in [0.3, 0.4) is 0 Å². The highest BCUT2D eigenvalue weighted by molar-refractivity contribution is 7.89. The molecule has 0 spiro atoms. The number of anilines is 1. The van der Waals surface area contributed by atoms with E-state index in [1.165, 1.54) is 11.1 Å². The van der Waals surface area contributed by atoms with E-state index in [0.717, 1.165) is 5.56 Å². The molecule has 0 aromatic heterocycles. The predicted molar refractivity (Wildman–Crippen MR) is 166 cm³/mol. The van der Waals surface area contributed by atoms with Crippen molar-refractivity contribution in [2.24, 2.45) is 0 Å². The number of carbonyl (C=O) groups is 1.